The molecule has 1 aliphatic heterocycles. The number of likely N-dealkylation sites (N-methyl/N-ethyl adjacent to an activating group) is 1. The molecule has 2 amide bonds. The topological polar surface area (TPSA) is 52.7 Å². The molecular weight excluding hydrogens is 326 g/mol. The van der Waals surface area contributed by atoms with E-state index in [0.29, 0.717) is 0 Å². The lowest BCUT2D eigenvalue weighted by molar-refractivity contribution is -0.143. The van der Waals surface area contributed by atoms with Crippen molar-refractivity contribution in [2.45, 2.75) is 44.9 Å². The van der Waals surface area contributed by atoms with Crippen molar-refractivity contribution < 1.29 is 9.59 Å². The van der Waals surface area contributed by atoms with E-state index in [1.807, 2.05) is 4.90 Å². The first-order chi connectivity index (χ1) is 11.1. The number of nitrogens with one attached hydrogen (secondary N) is 1. The van der Waals surface area contributed by atoms with Crippen LogP contribution in [-0.2, 0) is 9.59 Å². The van der Waals surface area contributed by atoms with Crippen molar-refractivity contribution in [2.75, 3.05) is 39.8 Å². The van der Waals surface area contributed by atoms with Gasteiger partial charge in [-0.15, -0.1) is 12.4 Å². The van der Waals surface area contributed by atoms with Gasteiger partial charge in [0.1, 0.15) is 0 Å². The normalized spacial score (nSPS) is 30.0. The van der Waals surface area contributed by atoms with Crippen molar-refractivity contribution in [1.29, 1.82) is 0 Å². The average molecular weight is 358 g/mol. The van der Waals surface area contributed by atoms with E-state index >= 15 is 0 Å². The minimum atomic E-state index is 0. The summed E-state index contributed by atoms with van der Waals surface area (Å²) in [5.74, 6) is 2.05. The molecule has 1 heterocycles. The van der Waals surface area contributed by atoms with Crippen LogP contribution in [0, 0.1) is 17.8 Å². The van der Waals surface area contributed by atoms with Gasteiger partial charge < -0.3 is 15.1 Å². The second kappa shape index (κ2) is 9.04. The van der Waals surface area contributed by atoms with Crippen LogP contribution < -0.4 is 5.32 Å². The molecule has 3 aliphatic rings. The molecule has 0 aromatic rings. The van der Waals surface area contributed by atoms with Crippen molar-refractivity contribution in [3.63, 3.8) is 0 Å². The highest BCUT2D eigenvalue weighted by Crippen LogP contribution is 2.43. The third-order valence-corrected chi connectivity index (χ3v) is 6.11. The van der Waals surface area contributed by atoms with Gasteiger partial charge in [0.25, 0.3) is 0 Å². The van der Waals surface area contributed by atoms with Gasteiger partial charge in [-0.05, 0) is 31.1 Å². The molecule has 138 valence electrons. The molecular formula is C18H32ClN3O2. The van der Waals surface area contributed by atoms with Crippen LogP contribution in [0.4, 0.5) is 0 Å². The van der Waals surface area contributed by atoms with E-state index in [4.69, 9.17) is 0 Å². The van der Waals surface area contributed by atoms with Gasteiger partial charge in [-0.25, -0.2) is 0 Å². The Balaban J connectivity index is 0.00000208. The smallest absolute Gasteiger partial charge is 0.242 e. The molecule has 3 atom stereocenters. The number of hydrogen-bond donors (Lipinski definition) is 1. The molecule has 3 rings (SSSR count). The number of fused-ring (bicyclic) bond motifs is 1. The van der Waals surface area contributed by atoms with Crippen LogP contribution in [0.15, 0.2) is 0 Å². The number of rotatable bonds is 3. The van der Waals surface area contributed by atoms with Gasteiger partial charge in [0.2, 0.25) is 11.8 Å². The van der Waals surface area contributed by atoms with E-state index < -0.39 is 0 Å². The third kappa shape index (κ3) is 4.63. The maximum atomic E-state index is 12.7. The molecule has 1 saturated heterocycles. The van der Waals surface area contributed by atoms with Crippen LogP contribution >= 0.6 is 12.4 Å². The molecule has 0 bridgehead atoms. The molecule has 3 fully saturated rings. The summed E-state index contributed by atoms with van der Waals surface area (Å²) in [7, 11) is 1.80. The van der Waals surface area contributed by atoms with Crippen LogP contribution in [0.3, 0.4) is 0 Å². The van der Waals surface area contributed by atoms with Crippen molar-refractivity contribution >= 4 is 24.2 Å². The predicted molar refractivity (Wildman–Crippen MR) is 97.1 cm³/mol. The lowest BCUT2D eigenvalue weighted by Gasteiger charge is -2.39. The zero-order chi connectivity index (χ0) is 16.2. The van der Waals surface area contributed by atoms with E-state index in [9.17, 15) is 9.59 Å². The number of piperazine rings is 1. The number of hydrogen-bond acceptors (Lipinski definition) is 3. The molecule has 0 aromatic carbocycles. The fourth-order valence-corrected chi connectivity index (χ4v) is 4.70. The standard InChI is InChI=1S/C18H31N3O2.ClH/c1-20(13-17(22)21-10-8-19-9-11-21)18(23)16-7-6-14-4-2-3-5-15(14)12-16;/h14-16,19H,2-13H2,1H3;1H. The second-order valence-corrected chi connectivity index (χ2v) is 7.64. The Labute approximate surface area is 151 Å². The summed E-state index contributed by atoms with van der Waals surface area (Å²) in [6.07, 6.45) is 8.65. The molecule has 6 heteroatoms. The number of halogens is 1. The monoisotopic (exact) mass is 357 g/mol. The molecule has 1 N–H and O–H groups in total. The van der Waals surface area contributed by atoms with Gasteiger partial charge in [-0.1, -0.05) is 25.7 Å². The van der Waals surface area contributed by atoms with Gasteiger partial charge in [-0.2, -0.15) is 0 Å². The Bertz CT molecular complexity index is 440. The van der Waals surface area contributed by atoms with Crippen LogP contribution in [0.25, 0.3) is 0 Å². The largest absolute Gasteiger partial charge is 0.339 e. The molecule has 2 aliphatic carbocycles. The fourth-order valence-electron chi connectivity index (χ4n) is 4.70. The molecule has 0 aromatic heterocycles. The first-order valence-corrected chi connectivity index (χ1v) is 9.38. The Morgan fingerprint density at radius 1 is 1.04 bits per heavy atom. The maximum absolute atomic E-state index is 12.7. The van der Waals surface area contributed by atoms with Crippen molar-refractivity contribution in [2.24, 2.45) is 17.8 Å². The highest BCUT2D eigenvalue weighted by Gasteiger charge is 2.36. The zero-order valence-electron chi connectivity index (χ0n) is 14.8. The van der Waals surface area contributed by atoms with Gasteiger partial charge >= 0.3 is 0 Å². The van der Waals surface area contributed by atoms with Crippen LogP contribution in [0.2, 0.25) is 0 Å². The Morgan fingerprint density at radius 3 is 2.42 bits per heavy atom. The summed E-state index contributed by atoms with van der Waals surface area (Å²) in [6, 6.07) is 0. The van der Waals surface area contributed by atoms with E-state index in [-0.39, 0.29) is 36.7 Å². The van der Waals surface area contributed by atoms with Crippen molar-refractivity contribution in [3.8, 4) is 0 Å². The Morgan fingerprint density at radius 2 is 1.71 bits per heavy atom. The summed E-state index contributed by atoms with van der Waals surface area (Å²) in [5.41, 5.74) is 0. The Kier molecular flexibility index (Phi) is 7.35. The summed E-state index contributed by atoms with van der Waals surface area (Å²) in [5, 5.41) is 3.25. The Hall–Kier alpha value is -0.810. The molecule has 0 spiro atoms. The summed E-state index contributed by atoms with van der Waals surface area (Å²) in [4.78, 5) is 28.6. The van der Waals surface area contributed by atoms with Crippen molar-refractivity contribution in [3.05, 3.63) is 0 Å². The summed E-state index contributed by atoms with van der Waals surface area (Å²) in [6.45, 7) is 3.47. The van der Waals surface area contributed by atoms with Gasteiger partial charge in [-0.3, -0.25) is 9.59 Å². The average Bonchev–Trinajstić information content (AvgIpc) is 2.61. The first kappa shape index (κ1) is 19.5. The predicted octanol–water partition coefficient (Wildman–Crippen LogP) is 1.90. The van der Waals surface area contributed by atoms with Crippen LogP contribution in [-0.4, -0.2) is 61.4 Å². The molecule has 2 saturated carbocycles. The minimum Gasteiger partial charge on any atom is -0.339 e. The molecule has 3 unspecified atom stereocenters. The van der Waals surface area contributed by atoms with Crippen LogP contribution in [0.1, 0.15) is 44.9 Å². The molecule has 0 radical (unpaired) electrons. The van der Waals surface area contributed by atoms with Crippen molar-refractivity contribution in [1.82, 2.24) is 15.1 Å². The highest BCUT2D eigenvalue weighted by atomic mass is 35.5. The minimum absolute atomic E-state index is 0. The summed E-state index contributed by atoms with van der Waals surface area (Å²) >= 11 is 0. The number of carbonyl (C=O) groups excluding carboxylic acids is 2. The zero-order valence-corrected chi connectivity index (χ0v) is 15.7. The maximum Gasteiger partial charge on any atom is 0.242 e. The van der Waals surface area contributed by atoms with Gasteiger partial charge in [0.15, 0.2) is 0 Å². The van der Waals surface area contributed by atoms with E-state index in [2.05, 4.69) is 5.32 Å². The second-order valence-electron chi connectivity index (χ2n) is 7.64. The van der Waals surface area contributed by atoms with E-state index in [0.717, 1.165) is 50.9 Å². The fraction of sp³-hybridized carbons (Fsp3) is 0.889. The quantitative estimate of drug-likeness (QED) is 0.839. The number of nitrogens with zero attached hydrogens (tertiary/aromatic N) is 2. The molecule has 24 heavy (non-hydrogen) atoms. The summed E-state index contributed by atoms with van der Waals surface area (Å²) < 4.78 is 0. The van der Waals surface area contributed by atoms with E-state index in [1.54, 1.807) is 11.9 Å². The SMILES string of the molecule is CN(CC(=O)N1CCNCC1)C(=O)C1CCC2CCCCC2C1.Cl. The lowest BCUT2D eigenvalue weighted by atomic mass is 9.67. The lowest BCUT2D eigenvalue weighted by Crippen LogP contribution is -2.50. The molecule has 5 nitrogen and oxygen atoms in total. The van der Waals surface area contributed by atoms with Crippen LogP contribution in [0.5, 0.6) is 0 Å². The first-order valence-electron chi connectivity index (χ1n) is 9.38. The highest BCUT2D eigenvalue weighted by molar-refractivity contribution is 5.86. The van der Waals surface area contributed by atoms with Gasteiger partial charge in [0, 0.05) is 39.1 Å². The number of amides is 2. The third-order valence-electron chi connectivity index (χ3n) is 6.11. The number of carbonyl (C=O) groups is 2. The van der Waals surface area contributed by atoms with Gasteiger partial charge in [0.05, 0.1) is 6.54 Å². The van der Waals surface area contributed by atoms with E-state index in [1.165, 1.54) is 32.1 Å².